The van der Waals surface area contributed by atoms with Gasteiger partial charge in [-0.1, -0.05) is 0 Å². The van der Waals surface area contributed by atoms with E-state index in [0.717, 1.165) is 0 Å². The van der Waals surface area contributed by atoms with Crippen molar-refractivity contribution < 1.29 is 48.8 Å². The number of carboxylic acids is 1. The van der Waals surface area contributed by atoms with Gasteiger partial charge >= 0.3 is 15.6 Å². The van der Waals surface area contributed by atoms with Crippen molar-refractivity contribution in [1.82, 2.24) is 4.98 Å². The first-order valence-corrected chi connectivity index (χ1v) is 7.62. The topological polar surface area (TPSA) is 96.4 Å². The van der Waals surface area contributed by atoms with E-state index >= 15 is 0 Å². The number of halogens is 6. The Morgan fingerprint density at radius 3 is 2.04 bits per heavy atom. The highest BCUT2D eigenvalue weighted by molar-refractivity contribution is 7.88. The summed E-state index contributed by atoms with van der Waals surface area (Å²) >= 11 is 0. The third-order valence-electron chi connectivity index (χ3n) is 2.80. The van der Waals surface area contributed by atoms with Gasteiger partial charge < -0.3 is 14.1 Å². The van der Waals surface area contributed by atoms with Crippen LogP contribution in [-0.4, -0.2) is 24.9 Å². The molecule has 1 heterocycles. The van der Waals surface area contributed by atoms with Crippen molar-refractivity contribution in [3.05, 3.63) is 47.4 Å². The lowest BCUT2D eigenvalue weighted by atomic mass is 10.1. The fraction of sp³-hybridized carbons (Fsp3) is 0.0769. The van der Waals surface area contributed by atoms with Gasteiger partial charge in [-0.25, -0.2) is 18.2 Å². The fourth-order valence-electron chi connectivity index (χ4n) is 1.73. The van der Waals surface area contributed by atoms with Crippen molar-refractivity contribution in [1.29, 1.82) is 0 Å². The molecular formula is C13H4F6NO5S-. The van der Waals surface area contributed by atoms with Gasteiger partial charge in [0.25, 0.3) is 0 Å². The van der Waals surface area contributed by atoms with Gasteiger partial charge in [0.15, 0.2) is 0 Å². The lowest BCUT2D eigenvalue weighted by molar-refractivity contribution is -0.255. The molecular weight excluding hydrogens is 396 g/mol. The summed E-state index contributed by atoms with van der Waals surface area (Å²) in [6.45, 7) is 0. The molecule has 0 aliphatic carbocycles. The maximum atomic E-state index is 14.0. The van der Waals surface area contributed by atoms with E-state index in [4.69, 9.17) is 0 Å². The van der Waals surface area contributed by atoms with Crippen molar-refractivity contribution in [3.8, 4) is 17.0 Å². The van der Waals surface area contributed by atoms with Crippen LogP contribution in [0.3, 0.4) is 0 Å². The Balaban J connectivity index is 2.56. The predicted octanol–water partition coefficient (Wildman–Crippen LogP) is 1.76. The summed E-state index contributed by atoms with van der Waals surface area (Å²) in [6, 6.07) is 1.24. The molecule has 0 unspecified atom stereocenters. The van der Waals surface area contributed by atoms with Gasteiger partial charge in [0, 0.05) is 12.1 Å². The van der Waals surface area contributed by atoms with Crippen molar-refractivity contribution in [3.63, 3.8) is 0 Å². The zero-order chi connectivity index (χ0) is 19.9. The van der Waals surface area contributed by atoms with Gasteiger partial charge in [-0.3, -0.25) is 0 Å². The number of carbonyl (C=O) groups excluding carboxylic acids is 1. The number of hydrogen-bond donors (Lipinski definition) is 0. The second kappa shape index (κ2) is 6.48. The van der Waals surface area contributed by atoms with E-state index in [2.05, 4.69) is 9.17 Å². The van der Waals surface area contributed by atoms with Crippen LogP contribution in [0.15, 0.2) is 24.3 Å². The molecule has 0 radical (unpaired) electrons. The molecule has 0 amide bonds. The highest BCUT2D eigenvalue weighted by Crippen LogP contribution is 2.33. The highest BCUT2D eigenvalue weighted by Gasteiger charge is 2.48. The third-order valence-corrected chi connectivity index (χ3v) is 3.78. The Kier molecular flexibility index (Phi) is 4.86. The minimum absolute atomic E-state index is 0.0362. The number of hydrogen-bond acceptors (Lipinski definition) is 6. The Hall–Kier alpha value is -2.83. The number of carbonyl (C=O) groups is 1. The predicted molar refractivity (Wildman–Crippen MR) is 69.5 cm³/mol. The number of alkyl halides is 3. The zero-order valence-electron chi connectivity index (χ0n) is 12.0. The van der Waals surface area contributed by atoms with E-state index in [1.165, 1.54) is 0 Å². The molecule has 0 aliphatic rings. The molecule has 140 valence electrons. The van der Waals surface area contributed by atoms with E-state index in [0.29, 0.717) is 12.1 Å². The molecule has 2 aromatic rings. The van der Waals surface area contributed by atoms with Crippen LogP contribution in [0.5, 0.6) is 5.75 Å². The third kappa shape index (κ3) is 3.71. The van der Waals surface area contributed by atoms with Crippen LogP contribution in [0.4, 0.5) is 26.3 Å². The summed E-state index contributed by atoms with van der Waals surface area (Å²) in [5, 5.41) is 10.7. The van der Waals surface area contributed by atoms with Gasteiger partial charge in [-0.2, -0.15) is 21.6 Å². The molecule has 0 atom stereocenters. The summed E-state index contributed by atoms with van der Waals surface area (Å²) in [4.78, 5) is 13.8. The molecule has 0 bridgehead atoms. The van der Waals surface area contributed by atoms with Gasteiger partial charge in [0.05, 0.1) is 17.2 Å². The second-order valence-electron chi connectivity index (χ2n) is 4.56. The molecule has 0 saturated carbocycles. The van der Waals surface area contributed by atoms with Gasteiger partial charge in [0.2, 0.25) is 0 Å². The SMILES string of the molecule is O=C([O-])c1ccc(F)c(-c2c(F)cc(OS(=O)(=O)C(F)(F)F)cc2F)n1. The molecule has 0 aliphatic heterocycles. The first-order chi connectivity index (χ1) is 11.8. The molecule has 26 heavy (non-hydrogen) atoms. The molecule has 1 aromatic heterocycles. The average Bonchev–Trinajstić information content (AvgIpc) is 2.46. The van der Waals surface area contributed by atoms with Gasteiger partial charge in [-0.15, -0.1) is 0 Å². The number of aromatic nitrogens is 1. The number of aromatic carboxylic acids is 1. The highest BCUT2D eigenvalue weighted by atomic mass is 32.2. The molecule has 13 heteroatoms. The minimum atomic E-state index is -6.20. The van der Waals surface area contributed by atoms with Crippen molar-refractivity contribution >= 4 is 16.1 Å². The first-order valence-electron chi connectivity index (χ1n) is 6.21. The molecule has 2 rings (SSSR count). The van der Waals surface area contributed by atoms with Crippen molar-refractivity contribution in [2.75, 3.05) is 0 Å². The lowest BCUT2D eigenvalue weighted by Crippen LogP contribution is -2.28. The summed E-state index contributed by atoms with van der Waals surface area (Å²) in [5.41, 5.74) is -9.09. The van der Waals surface area contributed by atoms with E-state index in [9.17, 15) is 44.7 Å². The van der Waals surface area contributed by atoms with Gasteiger partial charge in [0.1, 0.15) is 28.9 Å². The number of benzene rings is 1. The zero-order valence-corrected chi connectivity index (χ0v) is 12.8. The van der Waals surface area contributed by atoms with E-state index in [1.807, 2.05) is 0 Å². The van der Waals surface area contributed by atoms with Crippen molar-refractivity contribution in [2.24, 2.45) is 0 Å². The minimum Gasteiger partial charge on any atom is -0.543 e. The van der Waals surface area contributed by atoms with Crippen LogP contribution in [-0.2, 0) is 10.1 Å². The molecule has 0 spiro atoms. The first kappa shape index (κ1) is 19.5. The maximum Gasteiger partial charge on any atom is 0.534 e. The summed E-state index contributed by atoms with van der Waals surface area (Å²) in [6.07, 6.45) is 0. The van der Waals surface area contributed by atoms with E-state index in [1.54, 1.807) is 0 Å². The van der Waals surface area contributed by atoms with Crippen LogP contribution >= 0.6 is 0 Å². The van der Waals surface area contributed by atoms with Crippen LogP contribution in [0.1, 0.15) is 10.5 Å². The Bertz CT molecular complexity index is 966. The Labute approximate surface area is 140 Å². The van der Waals surface area contributed by atoms with Crippen LogP contribution in [0, 0.1) is 17.5 Å². The largest absolute Gasteiger partial charge is 0.543 e. The van der Waals surface area contributed by atoms with E-state index in [-0.39, 0.29) is 12.1 Å². The average molecular weight is 400 g/mol. The molecule has 0 saturated heterocycles. The summed E-state index contributed by atoms with van der Waals surface area (Å²) in [5.74, 6) is -8.12. The number of pyridine rings is 1. The molecule has 0 N–H and O–H groups in total. The summed E-state index contributed by atoms with van der Waals surface area (Å²) < 4.78 is 104. The number of nitrogens with zero attached hydrogens (tertiary/aromatic N) is 1. The molecule has 0 fully saturated rings. The maximum absolute atomic E-state index is 14.0. The monoisotopic (exact) mass is 400 g/mol. The molecule has 6 nitrogen and oxygen atoms in total. The van der Waals surface area contributed by atoms with Crippen LogP contribution in [0.2, 0.25) is 0 Å². The fourth-order valence-corrected chi connectivity index (χ4v) is 2.17. The van der Waals surface area contributed by atoms with E-state index < -0.39 is 61.7 Å². The Morgan fingerprint density at radius 2 is 1.58 bits per heavy atom. The Morgan fingerprint density at radius 1 is 1.04 bits per heavy atom. The smallest absolute Gasteiger partial charge is 0.534 e. The number of rotatable bonds is 4. The quantitative estimate of drug-likeness (QED) is 0.441. The standard InChI is InChI=1S/C13H5F6NO5S/c14-6-1-2-9(12(21)22)20-11(6)10-7(15)3-5(4-8(10)16)25-26(23,24)13(17,18)19/h1-4H,(H,21,22)/p-1. The van der Waals surface area contributed by atoms with Crippen molar-refractivity contribution in [2.45, 2.75) is 5.51 Å². The number of carboxylic acid groups (broad SMARTS) is 1. The second-order valence-corrected chi connectivity index (χ2v) is 6.10. The summed E-state index contributed by atoms with van der Waals surface area (Å²) in [7, 11) is -6.20. The molecule has 1 aromatic carbocycles. The van der Waals surface area contributed by atoms with Crippen LogP contribution < -0.4 is 9.29 Å². The normalized spacial score (nSPS) is 12.1. The lowest BCUT2D eigenvalue weighted by Gasteiger charge is -2.12. The van der Waals surface area contributed by atoms with Gasteiger partial charge in [-0.05, 0) is 12.1 Å². The van der Waals surface area contributed by atoms with Crippen LogP contribution in [0.25, 0.3) is 11.3 Å².